The Bertz CT molecular complexity index is 758. The van der Waals surface area contributed by atoms with Crippen LogP contribution in [0, 0.1) is 5.92 Å². The third-order valence-electron chi connectivity index (χ3n) is 4.40. The van der Waals surface area contributed by atoms with Crippen LogP contribution in [-0.4, -0.2) is 63.0 Å². The zero-order valence-corrected chi connectivity index (χ0v) is 17.1. The van der Waals surface area contributed by atoms with Crippen LogP contribution in [0.15, 0.2) is 18.3 Å². The van der Waals surface area contributed by atoms with E-state index in [1.165, 1.54) is 18.3 Å². The van der Waals surface area contributed by atoms with E-state index in [-0.39, 0.29) is 11.7 Å². The highest BCUT2D eigenvalue weighted by Gasteiger charge is 2.34. The minimum absolute atomic E-state index is 0.0367. The summed E-state index contributed by atoms with van der Waals surface area (Å²) in [5, 5.41) is 13.0. The van der Waals surface area contributed by atoms with Crippen LogP contribution in [0.4, 0.5) is 10.6 Å². The Morgan fingerprint density at radius 2 is 1.96 bits per heavy atom. The highest BCUT2D eigenvalue weighted by atomic mass is 35.5. The van der Waals surface area contributed by atoms with E-state index in [1.807, 2.05) is 19.0 Å². The SMILES string of the molecule is CN(C)C(=S)[C@H]1CCCC(N(NC(=O)C(=O)Nc2ccc(Cl)cn2)C(=O)O)C1. The summed E-state index contributed by atoms with van der Waals surface area (Å²) in [5.41, 5.74) is 2.18. The molecule has 3 N–H and O–H groups in total. The van der Waals surface area contributed by atoms with Crippen LogP contribution in [0.25, 0.3) is 0 Å². The molecule has 152 valence electrons. The first-order valence-corrected chi connectivity index (χ1v) is 9.44. The molecule has 1 unspecified atom stereocenters. The molecule has 0 radical (unpaired) electrons. The van der Waals surface area contributed by atoms with Crippen molar-refractivity contribution in [2.75, 3.05) is 19.4 Å². The van der Waals surface area contributed by atoms with Crippen LogP contribution in [0.5, 0.6) is 0 Å². The number of carbonyl (C=O) groups is 3. The lowest BCUT2D eigenvalue weighted by Crippen LogP contribution is -2.55. The molecular formula is C17H22ClN5O4S. The molecule has 3 amide bonds. The molecule has 9 nitrogen and oxygen atoms in total. The van der Waals surface area contributed by atoms with Crippen molar-refractivity contribution in [3.8, 4) is 0 Å². The second-order valence-corrected chi connectivity index (χ2v) is 7.51. The van der Waals surface area contributed by atoms with E-state index in [9.17, 15) is 19.5 Å². The molecule has 0 aliphatic heterocycles. The maximum Gasteiger partial charge on any atom is 0.426 e. The largest absolute Gasteiger partial charge is 0.464 e. The number of hydrogen-bond acceptors (Lipinski definition) is 5. The Kier molecular flexibility index (Phi) is 7.53. The molecule has 0 spiro atoms. The second-order valence-electron chi connectivity index (χ2n) is 6.66. The van der Waals surface area contributed by atoms with Gasteiger partial charge in [-0.05, 0) is 31.4 Å². The summed E-state index contributed by atoms with van der Waals surface area (Å²) in [6.07, 6.45) is 2.64. The van der Waals surface area contributed by atoms with Gasteiger partial charge in [-0.1, -0.05) is 30.2 Å². The van der Waals surface area contributed by atoms with Crippen LogP contribution in [0.3, 0.4) is 0 Å². The van der Waals surface area contributed by atoms with Crippen molar-refractivity contribution in [3.63, 3.8) is 0 Å². The molecule has 1 saturated carbocycles. The van der Waals surface area contributed by atoms with Gasteiger partial charge in [-0.15, -0.1) is 0 Å². The van der Waals surface area contributed by atoms with Crippen molar-refractivity contribution in [2.45, 2.75) is 31.7 Å². The molecule has 1 aliphatic rings. The Morgan fingerprint density at radius 1 is 1.25 bits per heavy atom. The zero-order chi connectivity index (χ0) is 20.8. The molecule has 28 heavy (non-hydrogen) atoms. The highest BCUT2D eigenvalue weighted by Crippen LogP contribution is 2.29. The van der Waals surface area contributed by atoms with Crippen LogP contribution < -0.4 is 10.7 Å². The lowest BCUT2D eigenvalue weighted by molar-refractivity contribution is -0.139. The van der Waals surface area contributed by atoms with E-state index in [1.54, 1.807) is 0 Å². The predicted molar refractivity (Wildman–Crippen MR) is 108 cm³/mol. The fraction of sp³-hybridized carbons (Fsp3) is 0.471. The van der Waals surface area contributed by atoms with Gasteiger partial charge >= 0.3 is 17.9 Å². The summed E-state index contributed by atoms with van der Waals surface area (Å²) in [5.74, 6) is -1.97. The van der Waals surface area contributed by atoms with Crippen LogP contribution in [0.2, 0.25) is 5.02 Å². The fourth-order valence-electron chi connectivity index (χ4n) is 3.07. The van der Waals surface area contributed by atoms with Gasteiger partial charge in [0.2, 0.25) is 0 Å². The summed E-state index contributed by atoms with van der Waals surface area (Å²) in [4.78, 5) is 42.3. The number of pyridine rings is 1. The topological polar surface area (TPSA) is 115 Å². The molecule has 0 aromatic carbocycles. The molecule has 1 aromatic heterocycles. The lowest BCUT2D eigenvalue weighted by atomic mass is 9.85. The normalized spacial score (nSPS) is 18.7. The van der Waals surface area contributed by atoms with Gasteiger partial charge < -0.3 is 15.3 Å². The molecule has 1 aliphatic carbocycles. The van der Waals surface area contributed by atoms with E-state index in [4.69, 9.17) is 23.8 Å². The standard InChI is InChI=1S/C17H22ClN5O4S/c1-22(2)16(28)10-4-3-5-12(8-10)23(17(26)27)21-15(25)14(24)20-13-7-6-11(18)9-19-13/h6-7,9-10,12H,3-5,8H2,1-2H3,(H,21,25)(H,26,27)(H,19,20,24)/t10-,12?/m0/s1. The third kappa shape index (κ3) is 5.77. The number of amides is 3. The zero-order valence-electron chi connectivity index (χ0n) is 15.5. The number of carboxylic acid groups (broad SMARTS) is 1. The number of aromatic nitrogens is 1. The van der Waals surface area contributed by atoms with E-state index in [0.717, 1.165) is 22.8 Å². The molecule has 1 aromatic rings. The number of carbonyl (C=O) groups excluding carboxylic acids is 2. The molecule has 0 saturated heterocycles. The summed E-state index contributed by atoms with van der Waals surface area (Å²) >= 11 is 11.1. The maximum atomic E-state index is 12.2. The van der Waals surface area contributed by atoms with Gasteiger partial charge in [0.15, 0.2) is 0 Å². The lowest BCUT2D eigenvalue weighted by Gasteiger charge is -2.36. The summed E-state index contributed by atoms with van der Waals surface area (Å²) < 4.78 is 0. The van der Waals surface area contributed by atoms with Gasteiger partial charge in [-0.2, -0.15) is 0 Å². The van der Waals surface area contributed by atoms with E-state index < -0.39 is 23.9 Å². The van der Waals surface area contributed by atoms with E-state index >= 15 is 0 Å². The van der Waals surface area contributed by atoms with Crippen LogP contribution >= 0.6 is 23.8 Å². The summed E-state index contributed by atoms with van der Waals surface area (Å²) in [6.45, 7) is 0. The Balaban J connectivity index is 2.02. The average Bonchev–Trinajstić information content (AvgIpc) is 2.66. The van der Waals surface area contributed by atoms with Gasteiger partial charge in [-0.3, -0.25) is 15.0 Å². The number of nitrogens with one attached hydrogen (secondary N) is 2. The fourth-order valence-corrected chi connectivity index (χ4v) is 3.39. The van der Waals surface area contributed by atoms with Gasteiger partial charge in [0.05, 0.1) is 16.1 Å². The average molecular weight is 428 g/mol. The Hall–Kier alpha value is -2.46. The second kappa shape index (κ2) is 9.65. The van der Waals surface area contributed by atoms with Gasteiger partial charge in [0.25, 0.3) is 0 Å². The number of hydrazine groups is 1. The van der Waals surface area contributed by atoms with Gasteiger partial charge in [0, 0.05) is 26.2 Å². The van der Waals surface area contributed by atoms with Crippen molar-refractivity contribution in [3.05, 3.63) is 23.4 Å². The summed E-state index contributed by atoms with van der Waals surface area (Å²) in [7, 11) is 3.69. The minimum atomic E-state index is -1.34. The van der Waals surface area contributed by atoms with Gasteiger partial charge in [-0.25, -0.2) is 14.8 Å². The molecule has 0 bridgehead atoms. The van der Waals surface area contributed by atoms with E-state index in [0.29, 0.717) is 17.9 Å². The predicted octanol–water partition coefficient (Wildman–Crippen LogP) is 2.13. The number of thiocarbonyl (C=S) groups is 1. The van der Waals surface area contributed by atoms with Crippen molar-refractivity contribution in [2.24, 2.45) is 5.92 Å². The van der Waals surface area contributed by atoms with Crippen molar-refractivity contribution >= 4 is 52.5 Å². The monoisotopic (exact) mass is 427 g/mol. The molecular weight excluding hydrogens is 406 g/mol. The molecule has 1 fully saturated rings. The maximum absolute atomic E-state index is 12.2. The molecule has 2 rings (SSSR count). The van der Waals surface area contributed by atoms with Crippen molar-refractivity contribution in [1.82, 2.24) is 20.3 Å². The Morgan fingerprint density at radius 3 is 2.54 bits per heavy atom. The number of rotatable bonds is 3. The van der Waals surface area contributed by atoms with Gasteiger partial charge in [0.1, 0.15) is 5.82 Å². The first-order valence-electron chi connectivity index (χ1n) is 8.66. The number of anilines is 1. The minimum Gasteiger partial charge on any atom is -0.464 e. The first kappa shape index (κ1) is 21.8. The summed E-state index contributed by atoms with van der Waals surface area (Å²) in [6, 6.07) is 2.46. The van der Waals surface area contributed by atoms with Crippen LogP contribution in [0.1, 0.15) is 25.7 Å². The first-order chi connectivity index (χ1) is 13.2. The Labute approximate surface area is 173 Å². The number of nitrogens with zero attached hydrogens (tertiary/aromatic N) is 3. The number of hydrogen-bond donors (Lipinski definition) is 3. The smallest absolute Gasteiger partial charge is 0.426 e. The van der Waals surface area contributed by atoms with Crippen molar-refractivity contribution in [1.29, 1.82) is 0 Å². The third-order valence-corrected chi connectivity index (χ3v) is 5.33. The molecule has 11 heteroatoms. The molecule has 1 heterocycles. The molecule has 2 atom stereocenters. The van der Waals surface area contributed by atoms with E-state index in [2.05, 4.69) is 15.7 Å². The van der Waals surface area contributed by atoms with Crippen LogP contribution in [-0.2, 0) is 9.59 Å². The quantitative estimate of drug-likeness (QED) is 0.384. The highest BCUT2D eigenvalue weighted by molar-refractivity contribution is 7.80. The number of halogens is 1. The van der Waals surface area contributed by atoms with Crippen molar-refractivity contribution < 1.29 is 19.5 Å².